The van der Waals surface area contributed by atoms with Gasteiger partial charge in [0, 0.05) is 0 Å². The second-order valence-electron chi connectivity index (χ2n) is 6.45. The molecule has 0 bridgehead atoms. The minimum atomic E-state index is -4.11. The van der Waals surface area contributed by atoms with Crippen molar-refractivity contribution in [3.63, 3.8) is 0 Å². The van der Waals surface area contributed by atoms with Crippen LogP contribution >= 0.6 is 11.6 Å². The molecule has 10 heteroatoms. The Morgan fingerprint density at radius 2 is 1.93 bits per heavy atom. The molecule has 3 rings (SSSR count). The second-order valence-corrected chi connectivity index (χ2v) is 8.51. The number of nitrogens with one attached hydrogen (secondary N) is 1. The van der Waals surface area contributed by atoms with Crippen molar-refractivity contribution in [2.45, 2.75) is 32.1 Å². The van der Waals surface area contributed by atoms with Gasteiger partial charge in [0.25, 0.3) is 15.9 Å². The summed E-state index contributed by atoms with van der Waals surface area (Å²) in [7, 11) is -4.11. The summed E-state index contributed by atoms with van der Waals surface area (Å²) in [5.74, 6) is -1.43. The fourth-order valence-electron chi connectivity index (χ4n) is 2.86. The zero-order chi connectivity index (χ0) is 21.3. The van der Waals surface area contributed by atoms with E-state index in [1.807, 2.05) is 4.72 Å². The predicted octanol–water partition coefficient (Wildman–Crippen LogP) is 3.36. The number of carbonyl (C=O) groups is 1. The minimum absolute atomic E-state index is 0.0119. The fourth-order valence-corrected chi connectivity index (χ4v) is 4.39. The Balaban J connectivity index is 1.98. The Kier molecular flexibility index (Phi) is 5.72. The van der Waals surface area contributed by atoms with Gasteiger partial charge in [-0.2, -0.15) is 0 Å². The molecular weight excluding hydrogens is 419 g/mol. The van der Waals surface area contributed by atoms with Gasteiger partial charge in [-0.25, -0.2) is 22.2 Å². The van der Waals surface area contributed by atoms with Gasteiger partial charge >= 0.3 is 0 Å². The molecule has 0 unspecified atom stereocenters. The first kappa shape index (κ1) is 20.9. The predicted molar refractivity (Wildman–Crippen MR) is 106 cm³/mol. The largest absolute Gasteiger partial charge is 0.287 e. The van der Waals surface area contributed by atoms with Crippen LogP contribution in [0, 0.1) is 19.7 Å². The summed E-state index contributed by atoms with van der Waals surface area (Å²) in [4.78, 5) is 12.7. The molecule has 29 heavy (non-hydrogen) atoms. The summed E-state index contributed by atoms with van der Waals surface area (Å²) in [5, 5.41) is 7.82. The summed E-state index contributed by atoms with van der Waals surface area (Å²) in [6.45, 7) is 5.15. The highest BCUT2D eigenvalue weighted by Gasteiger charge is 2.26. The maximum atomic E-state index is 13.3. The molecule has 152 valence electrons. The molecule has 0 aliphatic rings. The average molecular weight is 437 g/mol. The van der Waals surface area contributed by atoms with Crippen LogP contribution in [-0.4, -0.2) is 29.3 Å². The topological polar surface area (TPSA) is 93.9 Å². The summed E-state index contributed by atoms with van der Waals surface area (Å²) in [6.07, 6.45) is 0.312. The van der Waals surface area contributed by atoms with Crippen LogP contribution in [0.2, 0.25) is 5.02 Å². The first-order chi connectivity index (χ1) is 13.6. The summed E-state index contributed by atoms with van der Waals surface area (Å²) < 4.78 is 42.1. The van der Waals surface area contributed by atoms with Gasteiger partial charge in [0.1, 0.15) is 5.82 Å². The second kappa shape index (κ2) is 7.92. The lowest BCUT2D eigenvalue weighted by Gasteiger charge is -2.10. The number of hydrogen-bond donors (Lipinski definition) is 1. The molecule has 0 fully saturated rings. The van der Waals surface area contributed by atoms with Crippen molar-refractivity contribution >= 4 is 27.5 Å². The Bertz CT molecular complexity index is 1210. The number of sulfonamides is 1. The van der Waals surface area contributed by atoms with Crippen LogP contribution in [0.1, 0.15) is 34.2 Å². The van der Waals surface area contributed by atoms with Crippen molar-refractivity contribution in [1.82, 2.24) is 19.7 Å². The Morgan fingerprint density at radius 3 is 2.59 bits per heavy atom. The van der Waals surface area contributed by atoms with E-state index in [2.05, 4.69) is 10.3 Å². The van der Waals surface area contributed by atoms with Crippen molar-refractivity contribution in [2.24, 2.45) is 0 Å². The van der Waals surface area contributed by atoms with Gasteiger partial charge in [-0.3, -0.25) is 4.79 Å². The van der Waals surface area contributed by atoms with E-state index >= 15 is 0 Å². The molecule has 0 aliphatic carbocycles. The number of amides is 1. The van der Waals surface area contributed by atoms with E-state index in [1.165, 1.54) is 22.9 Å². The van der Waals surface area contributed by atoms with Crippen LogP contribution in [0.3, 0.4) is 0 Å². The molecule has 3 aromatic rings. The van der Waals surface area contributed by atoms with Gasteiger partial charge in [-0.1, -0.05) is 35.9 Å². The van der Waals surface area contributed by atoms with E-state index < -0.39 is 21.7 Å². The molecule has 7 nitrogen and oxygen atoms in total. The van der Waals surface area contributed by atoms with E-state index in [9.17, 15) is 17.6 Å². The smallest absolute Gasteiger partial charge is 0.266 e. The van der Waals surface area contributed by atoms with E-state index in [0.717, 1.165) is 11.6 Å². The van der Waals surface area contributed by atoms with Crippen molar-refractivity contribution < 1.29 is 17.6 Å². The summed E-state index contributed by atoms with van der Waals surface area (Å²) >= 11 is 6.08. The molecular formula is C19H18ClFN4O3S. The molecule has 2 aromatic carbocycles. The van der Waals surface area contributed by atoms with Crippen LogP contribution in [-0.2, 0) is 16.4 Å². The quantitative estimate of drug-likeness (QED) is 0.661. The summed E-state index contributed by atoms with van der Waals surface area (Å²) in [5.41, 5.74) is 1.77. The van der Waals surface area contributed by atoms with Crippen molar-refractivity contribution in [1.29, 1.82) is 0 Å². The van der Waals surface area contributed by atoms with Gasteiger partial charge in [0.2, 0.25) is 0 Å². The first-order valence-electron chi connectivity index (χ1n) is 8.68. The Morgan fingerprint density at radius 1 is 1.21 bits per heavy atom. The van der Waals surface area contributed by atoms with Gasteiger partial charge in [-0.15, -0.1) is 5.10 Å². The van der Waals surface area contributed by atoms with Gasteiger partial charge in [0.15, 0.2) is 5.69 Å². The zero-order valence-electron chi connectivity index (χ0n) is 15.9. The normalized spacial score (nSPS) is 11.5. The SMILES string of the molecule is CCc1c(C(=O)NS(=O)(=O)c2cc(C)ccc2C)nnn1-c1ccc(F)cc1Cl. The van der Waals surface area contributed by atoms with E-state index in [-0.39, 0.29) is 15.6 Å². The van der Waals surface area contributed by atoms with Crippen LogP contribution in [0.15, 0.2) is 41.3 Å². The highest BCUT2D eigenvalue weighted by molar-refractivity contribution is 7.90. The van der Waals surface area contributed by atoms with Gasteiger partial charge in [0.05, 0.1) is 21.3 Å². The van der Waals surface area contributed by atoms with E-state index in [4.69, 9.17) is 11.6 Å². The number of nitrogens with zero attached hydrogens (tertiary/aromatic N) is 3. The minimum Gasteiger partial charge on any atom is -0.266 e. The molecule has 1 aromatic heterocycles. The number of halogens is 2. The lowest BCUT2D eigenvalue weighted by molar-refractivity contribution is 0.0975. The number of carbonyl (C=O) groups excluding carboxylic acids is 1. The van der Waals surface area contributed by atoms with E-state index in [0.29, 0.717) is 23.4 Å². The molecule has 1 N–H and O–H groups in total. The lowest BCUT2D eigenvalue weighted by atomic mass is 10.2. The summed E-state index contributed by atoms with van der Waals surface area (Å²) in [6, 6.07) is 8.65. The molecule has 0 saturated carbocycles. The molecule has 1 amide bonds. The third-order valence-electron chi connectivity index (χ3n) is 4.31. The molecule has 0 radical (unpaired) electrons. The first-order valence-corrected chi connectivity index (χ1v) is 10.5. The van der Waals surface area contributed by atoms with Crippen molar-refractivity contribution in [3.05, 3.63) is 69.8 Å². The molecule has 0 saturated heterocycles. The molecule has 0 spiro atoms. The number of rotatable bonds is 5. The van der Waals surface area contributed by atoms with Crippen LogP contribution in [0.4, 0.5) is 4.39 Å². The third kappa shape index (κ3) is 4.15. The van der Waals surface area contributed by atoms with Crippen molar-refractivity contribution in [3.8, 4) is 5.69 Å². The Hall–Kier alpha value is -2.78. The van der Waals surface area contributed by atoms with Crippen LogP contribution in [0.5, 0.6) is 0 Å². The molecule has 0 aliphatic heterocycles. The lowest BCUT2D eigenvalue weighted by Crippen LogP contribution is -2.32. The number of aryl methyl sites for hydroxylation is 2. The Labute approximate surface area is 172 Å². The van der Waals surface area contributed by atoms with Gasteiger partial charge < -0.3 is 0 Å². The fraction of sp³-hybridized carbons (Fsp3) is 0.211. The highest BCUT2D eigenvalue weighted by Crippen LogP contribution is 2.24. The number of benzene rings is 2. The van der Waals surface area contributed by atoms with Gasteiger partial charge in [-0.05, 0) is 55.7 Å². The monoisotopic (exact) mass is 436 g/mol. The molecule has 0 atom stereocenters. The maximum absolute atomic E-state index is 13.3. The van der Waals surface area contributed by atoms with Crippen LogP contribution < -0.4 is 4.72 Å². The standard InChI is InChI=1S/C19H18ClFN4O3S/c1-4-15-18(22-24-25(15)16-8-7-13(21)10-14(16)20)19(26)23-29(27,28)17-9-11(2)5-6-12(17)3/h5-10H,4H2,1-3H3,(H,23,26). The zero-order valence-corrected chi connectivity index (χ0v) is 17.5. The van der Waals surface area contributed by atoms with Crippen LogP contribution in [0.25, 0.3) is 5.69 Å². The number of hydrogen-bond acceptors (Lipinski definition) is 5. The van der Waals surface area contributed by atoms with Crippen molar-refractivity contribution in [2.75, 3.05) is 0 Å². The average Bonchev–Trinajstić information content (AvgIpc) is 3.07. The number of aromatic nitrogens is 3. The highest BCUT2D eigenvalue weighted by atomic mass is 35.5. The third-order valence-corrected chi connectivity index (χ3v) is 6.09. The maximum Gasteiger partial charge on any atom is 0.287 e. The molecule has 1 heterocycles. The van der Waals surface area contributed by atoms with E-state index in [1.54, 1.807) is 32.9 Å².